The third kappa shape index (κ3) is 15.2. The van der Waals surface area contributed by atoms with Crippen LogP contribution in [0.1, 0.15) is 114 Å². The zero-order valence-electron chi connectivity index (χ0n) is 37.8. The minimum Gasteiger partial charge on any atom is -0.352 e. The molecule has 1 heterocycles. The Morgan fingerprint density at radius 1 is 0.678 bits per heavy atom. The van der Waals surface area contributed by atoms with Crippen molar-refractivity contribution in [3.05, 3.63) is 35.9 Å². The number of amides is 7. The van der Waals surface area contributed by atoms with Gasteiger partial charge in [0.15, 0.2) is 0 Å². The number of nitrogens with zero attached hydrogens (tertiary/aromatic N) is 1. The molecule has 0 saturated carbocycles. The van der Waals surface area contributed by atoms with Gasteiger partial charge in [0, 0.05) is 25.0 Å². The highest BCUT2D eigenvalue weighted by atomic mass is 16.2. The predicted octanol–water partition coefficient (Wildman–Crippen LogP) is 1.65. The largest absolute Gasteiger partial charge is 0.352 e. The molecule has 9 atom stereocenters. The van der Waals surface area contributed by atoms with E-state index in [0.29, 0.717) is 0 Å². The molecule has 1 saturated heterocycles. The van der Waals surface area contributed by atoms with Gasteiger partial charge in [-0.3, -0.25) is 33.6 Å². The smallest absolute Gasteiger partial charge is 0.246 e. The number of rotatable bonds is 19. The molecular weight excluding hydrogens is 755 g/mol. The predicted molar refractivity (Wildman–Crippen MR) is 228 cm³/mol. The van der Waals surface area contributed by atoms with Gasteiger partial charge in [-0.05, 0) is 76.9 Å². The van der Waals surface area contributed by atoms with Crippen LogP contribution in [0.4, 0.5) is 0 Å². The first-order valence-electron chi connectivity index (χ1n) is 20.8. The van der Waals surface area contributed by atoms with Gasteiger partial charge in [0.05, 0.1) is 18.1 Å². The molecule has 59 heavy (non-hydrogen) atoms. The lowest BCUT2D eigenvalue weighted by atomic mass is 9.85. The minimum absolute atomic E-state index is 0.0100. The first-order valence-corrected chi connectivity index (χ1v) is 20.8. The minimum atomic E-state index is -1.17. The van der Waals surface area contributed by atoms with Crippen LogP contribution in [0.3, 0.4) is 0 Å². The maximum atomic E-state index is 14.4. The van der Waals surface area contributed by atoms with E-state index in [2.05, 4.69) is 42.5 Å². The molecule has 1 aliphatic rings. The normalized spacial score (nSPS) is 19.3. The van der Waals surface area contributed by atoms with E-state index in [1.54, 1.807) is 27.9 Å². The molecule has 1 fully saturated rings. The molecule has 1 aromatic rings. The number of benzene rings is 1. The Balaban J connectivity index is 2.36. The molecule has 1 aromatic carbocycles. The van der Waals surface area contributed by atoms with Crippen LogP contribution in [0, 0.1) is 16.7 Å². The second kappa shape index (κ2) is 22.2. The molecule has 0 spiro atoms. The number of hydrogen-bond acceptors (Lipinski definition) is 9. The van der Waals surface area contributed by atoms with Gasteiger partial charge < -0.3 is 47.4 Å². The van der Waals surface area contributed by atoms with Gasteiger partial charge in [-0.25, -0.2) is 0 Å². The molecule has 0 aliphatic carbocycles. The molecular formula is C43H73N9O7. The zero-order valence-corrected chi connectivity index (χ0v) is 37.8. The Labute approximate surface area is 351 Å². The highest BCUT2D eigenvalue weighted by Gasteiger charge is 2.46. The van der Waals surface area contributed by atoms with Crippen molar-refractivity contribution in [2.45, 2.75) is 157 Å². The van der Waals surface area contributed by atoms with E-state index in [-0.39, 0.29) is 55.6 Å². The SMILES string of the molecule is CN[C@@H](C)C(=O)N[C@@H](CCC(=O)N[C@H]1CC(C(=O)N[C@H](C)c2ccccc2)N(C(=O)[C@@H](NC(=O)[C@H](C)NC)C(C)(C)C)C1)C(=O)N[C@H](C(=O)N[C@@H](C)C(C)C)C(C)(C)C. The van der Waals surface area contributed by atoms with Crippen LogP contribution in [-0.2, 0) is 33.6 Å². The van der Waals surface area contributed by atoms with Gasteiger partial charge in [0.25, 0.3) is 0 Å². The summed E-state index contributed by atoms with van der Waals surface area (Å²) in [6.45, 7) is 21.9. The summed E-state index contributed by atoms with van der Waals surface area (Å²) >= 11 is 0. The summed E-state index contributed by atoms with van der Waals surface area (Å²) in [5, 5.41) is 23.1. The molecule has 7 amide bonds. The summed E-state index contributed by atoms with van der Waals surface area (Å²) in [4.78, 5) is 96.7. The summed E-state index contributed by atoms with van der Waals surface area (Å²) in [5.41, 5.74) is -0.546. The van der Waals surface area contributed by atoms with E-state index in [0.717, 1.165) is 5.56 Å². The van der Waals surface area contributed by atoms with Crippen molar-refractivity contribution in [1.29, 1.82) is 0 Å². The number of hydrogen-bond donors (Lipinski definition) is 8. The molecule has 1 unspecified atom stereocenters. The van der Waals surface area contributed by atoms with Gasteiger partial charge in [-0.15, -0.1) is 0 Å². The van der Waals surface area contributed by atoms with Crippen LogP contribution in [0.15, 0.2) is 30.3 Å². The molecule has 0 radical (unpaired) electrons. The zero-order chi connectivity index (χ0) is 45.0. The van der Waals surface area contributed by atoms with Crippen molar-refractivity contribution in [1.82, 2.24) is 47.4 Å². The van der Waals surface area contributed by atoms with Crippen LogP contribution in [-0.4, -0.2) is 115 Å². The molecule has 16 nitrogen and oxygen atoms in total. The van der Waals surface area contributed by atoms with Gasteiger partial charge in [-0.2, -0.15) is 0 Å². The molecule has 8 N–H and O–H groups in total. The van der Waals surface area contributed by atoms with Gasteiger partial charge >= 0.3 is 0 Å². The van der Waals surface area contributed by atoms with E-state index in [4.69, 9.17) is 0 Å². The van der Waals surface area contributed by atoms with Crippen molar-refractivity contribution in [3.63, 3.8) is 0 Å². The molecule has 2 rings (SSSR count). The van der Waals surface area contributed by atoms with E-state index in [9.17, 15) is 33.6 Å². The van der Waals surface area contributed by atoms with Gasteiger partial charge in [0.1, 0.15) is 24.2 Å². The third-order valence-electron chi connectivity index (χ3n) is 11.0. The number of likely N-dealkylation sites (tertiary alicyclic amines) is 1. The quantitative estimate of drug-likeness (QED) is 0.102. The van der Waals surface area contributed by atoms with Crippen molar-refractivity contribution in [2.75, 3.05) is 20.6 Å². The molecule has 1 aliphatic heterocycles. The first-order chi connectivity index (χ1) is 27.3. The Hall–Kier alpha value is -4.57. The average Bonchev–Trinajstić information content (AvgIpc) is 3.59. The second-order valence-corrected chi connectivity index (χ2v) is 18.4. The standard InChI is InChI=1S/C43H73N9O7/c1-24(2)25(3)46-40(58)34(42(7,8)9)50-38(56)31(49-36(54)27(5)44-13)20-21-33(53)48-30-22-32(39(57)47-26(4)29-18-16-15-17-19-29)52(23-30)41(59)35(43(10,11)12)51-37(55)28(6)45-14/h15-19,24-28,30-32,34-35,44-45H,20-23H2,1-14H3,(H,46,58)(H,47,57)(H,48,53)(H,49,54)(H,50,56)(H,51,55)/t25-,26+,27-,28-,30-,31-,32?,34+,35+/m0/s1. The lowest BCUT2D eigenvalue weighted by Gasteiger charge is -2.36. The number of carbonyl (C=O) groups is 7. The van der Waals surface area contributed by atoms with Crippen LogP contribution in [0.2, 0.25) is 0 Å². The first kappa shape index (κ1) is 50.6. The average molecular weight is 828 g/mol. The number of likely N-dealkylation sites (N-methyl/N-ethyl adjacent to an activating group) is 2. The van der Waals surface area contributed by atoms with Crippen LogP contribution in [0.25, 0.3) is 0 Å². The van der Waals surface area contributed by atoms with E-state index in [1.807, 2.05) is 99.6 Å². The van der Waals surface area contributed by atoms with Gasteiger partial charge in [-0.1, -0.05) is 85.7 Å². The topological polar surface area (TPSA) is 219 Å². The van der Waals surface area contributed by atoms with Crippen molar-refractivity contribution in [2.24, 2.45) is 16.7 Å². The fourth-order valence-electron chi connectivity index (χ4n) is 6.44. The van der Waals surface area contributed by atoms with E-state index in [1.165, 1.54) is 4.90 Å². The Morgan fingerprint density at radius 3 is 1.71 bits per heavy atom. The van der Waals surface area contributed by atoms with Crippen molar-refractivity contribution in [3.8, 4) is 0 Å². The summed E-state index contributed by atoms with van der Waals surface area (Å²) in [6, 6.07) is 2.92. The Kier molecular flexibility index (Phi) is 19.0. The number of carbonyl (C=O) groups excluding carboxylic acids is 7. The van der Waals surface area contributed by atoms with Crippen LogP contribution in [0.5, 0.6) is 0 Å². The Bertz CT molecular complexity index is 1610. The molecule has 0 bridgehead atoms. The lowest BCUT2D eigenvalue weighted by molar-refractivity contribution is -0.144. The fraction of sp³-hybridized carbons (Fsp3) is 0.698. The van der Waals surface area contributed by atoms with E-state index < -0.39 is 82.7 Å². The van der Waals surface area contributed by atoms with Crippen molar-refractivity contribution < 1.29 is 33.6 Å². The van der Waals surface area contributed by atoms with E-state index >= 15 is 0 Å². The third-order valence-corrected chi connectivity index (χ3v) is 11.0. The highest BCUT2D eigenvalue weighted by Crippen LogP contribution is 2.27. The Morgan fingerprint density at radius 2 is 1.20 bits per heavy atom. The van der Waals surface area contributed by atoms with Crippen LogP contribution < -0.4 is 42.5 Å². The van der Waals surface area contributed by atoms with Crippen LogP contribution >= 0.6 is 0 Å². The fourth-order valence-corrected chi connectivity index (χ4v) is 6.44. The van der Waals surface area contributed by atoms with Gasteiger partial charge in [0.2, 0.25) is 41.4 Å². The second-order valence-electron chi connectivity index (χ2n) is 18.4. The van der Waals surface area contributed by atoms with Crippen molar-refractivity contribution >= 4 is 41.4 Å². The highest BCUT2D eigenvalue weighted by molar-refractivity contribution is 5.95. The monoisotopic (exact) mass is 828 g/mol. The maximum absolute atomic E-state index is 14.4. The summed E-state index contributed by atoms with van der Waals surface area (Å²) in [5.74, 6) is -3.00. The summed E-state index contributed by atoms with van der Waals surface area (Å²) in [7, 11) is 3.25. The maximum Gasteiger partial charge on any atom is 0.246 e. The number of nitrogens with one attached hydrogen (secondary N) is 8. The molecule has 16 heteroatoms. The lowest BCUT2D eigenvalue weighted by Crippen LogP contribution is -2.60. The molecule has 0 aromatic heterocycles. The summed E-state index contributed by atoms with van der Waals surface area (Å²) in [6.07, 6.45) is -0.200. The summed E-state index contributed by atoms with van der Waals surface area (Å²) < 4.78 is 0. The molecule has 332 valence electrons.